The molecule has 0 amide bonds. The fraction of sp³-hybridized carbons (Fsp3) is 0.455. The third-order valence-corrected chi connectivity index (χ3v) is 6.28. The van der Waals surface area contributed by atoms with Crippen LogP contribution in [0.3, 0.4) is 0 Å². The molecule has 1 aromatic rings. The van der Waals surface area contributed by atoms with Gasteiger partial charge in [-0.3, -0.25) is 0 Å². The molecule has 2 rings (SSSR count). The van der Waals surface area contributed by atoms with Crippen molar-refractivity contribution in [2.45, 2.75) is 23.8 Å². The van der Waals surface area contributed by atoms with Crippen molar-refractivity contribution in [1.29, 1.82) is 0 Å². The van der Waals surface area contributed by atoms with Gasteiger partial charge in [0.05, 0.1) is 4.90 Å². The number of benzene rings is 1. The van der Waals surface area contributed by atoms with E-state index in [0.717, 1.165) is 4.47 Å². The lowest BCUT2D eigenvalue weighted by Gasteiger charge is -2.24. The molecule has 1 fully saturated rings. The van der Waals surface area contributed by atoms with Crippen molar-refractivity contribution in [2.75, 3.05) is 11.5 Å². The normalized spacial score (nSPS) is 25.0. The molecule has 1 aromatic carbocycles. The van der Waals surface area contributed by atoms with E-state index < -0.39 is 21.2 Å². The third kappa shape index (κ3) is 3.71. The Morgan fingerprint density at radius 2 is 1.78 bits per heavy atom. The number of rotatable bonds is 3. The first-order valence-corrected chi connectivity index (χ1v) is 9.37. The molecule has 0 bridgehead atoms. The molecule has 0 aromatic heterocycles. The molecule has 1 N–H and O–H groups in total. The maximum absolute atomic E-state index is 12.1. The van der Waals surface area contributed by atoms with Crippen molar-refractivity contribution in [3.63, 3.8) is 0 Å². The average Bonchev–Trinajstić information content (AvgIpc) is 2.32. The Kier molecular flexibility index (Phi) is 4.71. The highest BCUT2D eigenvalue weighted by atomic mass is 79.9. The molecule has 0 unspecified atom stereocenters. The average molecular weight is 352 g/mol. The van der Waals surface area contributed by atoms with Gasteiger partial charge in [0.25, 0.3) is 0 Å². The van der Waals surface area contributed by atoms with Crippen LogP contribution in [-0.2, 0) is 21.2 Å². The smallest absolute Gasteiger partial charge is 0.240 e. The van der Waals surface area contributed by atoms with Crippen molar-refractivity contribution >= 4 is 37.1 Å². The van der Waals surface area contributed by atoms with Gasteiger partial charge in [0, 0.05) is 23.4 Å². The number of sulfonamides is 1. The number of hydrogen-bond acceptors (Lipinski definition) is 3. The SMILES string of the molecule is O=S(=O)(NC1CC[S+]([O-])CC1)c1ccc(Br)cc1. The second-order valence-electron chi connectivity index (χ2n) is 4.20. The molecular weight excluding hydrogens is 338 g/mol. The van der Waals surface area contributed by atoms with Crippen LogP contribution in [0.5, 0.6) is 0 Å². The molecule has 1 aliphatic heterocycles. The Morgan fingerprint density at radius 3 is 2.33 bits per heavy atom. The molecular formula is C11H14BrNO3S2. The van der Waals surface area contributed by atoms with Crippen LogP contribution in [0.15, 0.2) is 33.6 Å². The molecule has 1 saturated heterocycles. The predicted molar refractivity (Wildman–Crippen MR) is 75.4 cm³/mol. The Hall–Kier alpha value is -0.0800. The van der Waals surface area contributed by atoms with E-state index in [1.807, 2.05) is 0 Å². The van der Waals surface area contributed by atoms with Crippen LogP contribution in [0, 0.1) is 0 Å². The Morgan fingerprint density at radius 1 is 1.22 bits per heavy atom. The van der Waals surface area contributed by atoms with Gasteiger partial charge < -0.3 is 4.55 Å². The topological polar surface area (TPSA) is 69.2 Å². The lowest BCUT2D eigenvalue weighted by molar-refractivity contribution is 0.505. The van der Waals surface area contributed by atoms with Crippen LogP contribution in [0.25, 0.3) is 0 Å². The minimum Gasteiger partial charge on any atom is -0.616 e. The number of halogens is 1. The van der Waals surface area contributed by atoms with Gasteiger partial charge in [0.1, 0.15) is 11.5 Å². The second-order valence-corrected chi connectivity index (χ2v) is 8.52. The summed E-state index contributed by atoms with van der Waals surface area (Å²) >= 11 is 2.49. The number of hydrogen-bond donors (Lipinski definition) is 1. The molecule has 1 aliphatic rings. The Labute approximate surface area is 119 Å². The lowest BCUT2D eigenvalue weighted by atomic mass is 10.2. The Balaban J connectivity index is 2.05. The van der Waals surface area contributed by atoms with E-state index in [0.29, 0.717) is 24.3 Å². The van der Waals surface area contributed by atoms with Crippen LogP contribution in [0.2, 0.25) is 0 Å². The molecule has 0 saturated carbocycles. The van der Waals surface area contributed by atoms with Gasteiger partial charge in [-0.05, 0) is 24.3 Å². The maximum Gasteiger partial charge on any atom is 0.240 e. The van der Waals surface area contributed by atoms with Gasteiger partial charge in [-0.2, -0.15) is 0 Å². The van der Waals surface area contributed by atoms with Crippen LogP contribution in [-0.4, -0.2) is 30.5 Å². The molecule has 4 nitrogen and oxygen atoms in total. The van der Waals surface area contributed by atoms with E-state index in [4.69, 9.17) is 0 Å². The first-order valence-electron chi connectivity index (χ1n) is 5.60. The minimum absolute atomic E-state index is 0.101. The summed E-state index contributed by atoms with van der Waals surface area (Å²) < 4.78 is 38.9. The molecule has 0 radical (unpaired) electrons. The van der Waals surface area contributed by atoms with E-state index in [9.17, 15) is 13.0 Å². The van der Waals surface area contributed by atoms with Crippen LogP contribution in [0.4, 0.5) is 0 Å². The van der Waals surface area contributed by atoms with Crippen LogP contribution in [0.1, 0.15) is 12.8 Å². The minimum atomic E-state index is -3.46. The Bertz CT molecular complexity index is 496. The first kappa shape index (κ1) is 14.3. The molecule has 1 heterocycles. The molecule has 100 valence electrons. The highest BCUT2D eigenvalue weighted by molar-refractivity contribution is 9.10. The zero-order chi connectivity index (χ0) is 13.2. The van der Waals surface area contributed by atoms with Gasteiger partial charge in [0.2, 0.25) is 10.0 Å². The van der Waals surface area contributed by atoms with E-state index in [2.05, 4.69) is 20.7 Å². The lowest BCUT2D eigenvalue weighted by Crippen LogP contribution is -2.40. The molecule has 0 aliphatic carbocycles. The zero-order valence-corrected chi connectivity index (χ0v) is 12.9. The standard InChI is InChI=1S/C11H14BrNO3S2/c12-9-1-3-11(4-2-9)18(15,16)13-10-5-7-17(14)8-6-10/h1-4,10,13H,5-8H2. The van der Waals surface area contributed by atoms with E-state index in [1.54, 1.807) is 24.3 Å². The largest absolute Gasteiger partial charge is 0.616 e. The zero-order valence-electron chi connectivity index (χ0n) is 9.63. The van der Waals surface area contributed by atoms with E-state index in [1.165, 1.54) is 0 Å². The summed E-state index contributed by atoms with van der Waals surface area (Å²) in [5, 5.41) is 0. The maximum atomic E-state index is 12.1. The van der Waals surface area contributed by atoms with Crippen molar-refractivity contribution in [3.05, 3.63) is 28.7 Å². The quantitative estimate of drug-likeness (QED) is 0.841. The predicted octanol–water partition coefficient (Wildman–Crippen LogP) is 1.64. The van der Waals surface area contributed by atoms with Crippen LogP contribution >= 0.6 is 15.9 Å². The summed E-state index contributed by atoms with van der Waals surface area (Å²) in [6.45, 7) is 0. The second kappa shape index (κ2) is 5.92. The third-order valence-electron chi connectivity index (χ3n) is 2.83. The summed E-state index contributed by atoms with van der Waals surface area (Å²) in [5.41, 5.74) is 0. The summed E-state index contributed by atoms with van der Waals surface area (Å²) in [4.78, 5) is 0.261. The first-order chi connectivity index (χ1) is 8.47. The van der Waals surface area contributed by atoms with Crippen LogP contribution < -0.4 is 4.72 Å². The summed E-state index contributed by atoms with van der Waals surface area (Å²) in [6.07, 6.45) is 1.28. The molecule has 18 heavy (non-hydrogen) atoms. The van der Waals surface area contributed by atoms with Gasteiger partial charge in [-0.15, -0.1) is 0 Å². The molecule has 0 spiro atoms. The summed E-state index contributed by atoms with van der Waals surface area (Å²) in [5.74, 6) is 1.15. The fourth-order valence-corrected chi connectivity index (χ4v) is 4.68. The van der Waals surface area contributed by atoms with Crippen molar-refractivity contribution in [1.82, 2.24) is 4.72 Å². The summed E-state index contributed by atoms with van der Waals surface area (Å²) in [7, 11) is -3.46. The van der Waals surface area contributed by atoms with Crippen molar-refractivity contribution in [2.24, 2.45) is 0 Å². The molecule has 7 heteroatoms. The number of nitrogens with one attached hydrogen (secondary N) is 1. The summed E-state index contributed by atoms with van der Waals surface area (Å²) in [6, 6.07) is 6.42. The van der Waals surface area contributed by atoms with Gasteiger partial charge in [-0.25, -0.2) is 13.1 Å². The van der Waals surface area contributed by atoms with E-state index in [-0.39, 0.29) is 10.9 Å². The van der Waals surface area contributed by atoms with Gasteiger partial charge in [0.15, 0.2) is 0 Å². The monoisotopic (exact) mass is 351 g/mol. The molecule has 0 atom stereocenters. The highest BCUT2D eigenvalue weighted by Crippen LogP contribution is 2.18. The van der Waals surface area contributed by atoms with Gasteiger partial charge >= 0.3 is 0 Å². The van der Waals surface area contributed by atoms with Gasteiger partial charge in [-0.1, -0.05) is 27.1 Å². The van der Waals surface area contributed by atoms with Crippen molar-refractivity contribution in [3.8, 4) is 0 Å². The highest BCUT2D eigenvalue weighted by Gasteiger charge is 2.26. The van der Waals surface area contributed by atoms with Crippen molar-refractivity contribution < 1.29 is 13.0 Å². The van der Waals surface area contributed by atoms with E-state index >= 15 is 0 Å². The fourth-order valence-electron chi connectivity index (χ4n) is 1.81.